The molecule has 0 aromatic heterocycles. The summed E-state index contributed by atoms with van der Waals surface area (Å²) in [6.45, 7) is 2.53. The van der Waals surface area contributed by atoms with Crippen LogP contribution in [0.2, 0.25) is 5.02 Å². The number of piperidine rings is 1. The Morgan fingerprint density at radius 3 is 2.21 bits per heavy atom. The number of nitrogens with one attached hydrogen (secondary N) is 1. The number of rotatable bonds is 14. The highest BCUT2D eigenvalue weighted by Gasteiger charge is 2.37. The second-order valence-corrected chi connectivity index (χ2v) is 14.3. The minimum Gasteiger partial charge on any atom is -0.481 e. The summed E-state index contributed by atoms with van der Waals surface area (Å²) in [6.07, 6.45) is 2.36. The van der Waals surface area contributed by atoms with Crippen molar-refractivity contribution in [2.45, 2.75) is 82.2 Å². The molecular weight excluding hydrogens is 680 g/mol. The van der Waals surface area contributed by atoms with E-state index in [1.807, 2.05) is 97.1 Å². The highest BCUT2D eigenvalue weighted by molar-refractivity contribution is 6.30. The summed E-state index contributed by atoms with van der Waals surface area (Å²) in [6, 6.07) is 31.4. The Bertz CT molecular complexity index is 1770. The molecule has 2 saturated heterocycles. The molecule has 2 fully saturated rings. The number of aliphatic hydroxyl groups is 2. The van der Waals surface area contributed by atoms with Gasteiger partial charge in [-0.1, -0.05) is 96.5 Å². The molecule has 0 saturated carbocycles. The molecule has 0 aliphatic carbocycles. The average molecular weight is 727 g/mol. The zero-order valence-electron chi connectivity index (χ0n) is 29.3. The largest absolute Gasteiger partial charge is 0.481 e. The maximum atomic E-state index is 12.4. The first-order valence-corrected chi connectivity index (χ1v) is 18.4. The van der Waals surface area contributed by atoms with Crippen LogP contribution in [-0.4, -0.2) is 57.8 Å². The molecule has 3 atom stereocenters. The molecule has 2 heterocycles. The van der Waals surface area contributed by atoms with Crippen LogP contribution in [0.1, 0.15) is 85.2 Å². The van der Waals surface area contributed by atoms with Crippen LogP contribution in [0.15, 0.2) is 97.1 Å². The fourth-order valence-corrected chi connectivity index (χ4v) is 7.22. The van der Waals surface area contributed by atoms with Gasteiger partial charge in [0.2, 0.25) is 5.91 Å². The lowest BCUT2D eigenvalue weighted by Crippen LogP contribution is -2.46. The standard InChI is InChI=1S/C42H47ClN2O7/c43-35-19-17-34(18-20-35)42(50)21-23-45(24-22-42)27-36-25-38(31-11-9-29(28-46)10-12-31)52-41(51-36)32-15-13-30(14-16-32)37-6-2-1-5-33(37)26-44-39(47)7-3-4-8-40(48)49/h1-2,5-6,9-20,36,38,41,46,50H,3-4,7-8,21-28H2,(H,44,47)(H,48,49)/t36-,38+,41+/m1/s1. The molecule has 2 aliphatic rings. The number of carbonyl (C=O) groups excluding carboxylic acids is 1. The smallest absolute Gasteiger partial charge is 0.303 e. The van der Waals surface area contributed by atoms with Crippen LogP contribution in [0.5, 0.6) is 0 Å². The van der Waals surface area contributed by atoms with Crippen molar-refractivity contribution in [3.05, 3.63) is 130 Å². The van der Waals surface area contributed by atoms with Gasteiger partial charge in [-0.2, -0.15) is 0 Å². The summed E-state index contributed by atoms with van der Waals surface area (Å²) in [5.74, 6) is -0.947. The van der Waals surface area contributed by atoms with Crippen LogP contribution >= 0.6 is 11.6 Å². The SMILES string of the molecule is O=C(O)CCCCC(=O)NCc1ccccc1-c1ccc([C@H]2O[C@@H](CN3CCC(O)(c4ccc(Cl)cc4)CC3)C[C@@H](c3ccc(CO)cc3)O2)cc1. The molecule has 0 unspecified atom stereocenters. The molecular formula is C42H47ClN2O7. The van der Waals surface area contributed by atoms with Gasteiger partial charge in [-0.3, -0.25) is 9.59 Å². The number of carbonyl (C=O) groups is 2. The minimum absolute atomic E-state index is 0.0199. The highest BCUT2D eigenvalue weighted by atomic mass is 35.5. The van der Waals surface area contributed by atoms with E-state index in [2.05, 4.69) is 10.2 Å². The molecule has 2 aliphatic heterocycles. The monoisotopic (exact) mass is 726 g/mol. The third kappa shape index (κ3) is 9.86. The van der Waals surface area contributed by atoms with Gasteiger partial charge in [-0.05, 0) is 71.2 Å². The van der Waals surface area contributed by atoms with E-state index in [1.165, 1.54) is 0 Å². The summed E-state index contributed by atoms with van der Waals surface area (Å²) < 4.78 is 13.3. The number of benzene rings is 4. The Morgan fingerprint density at radius 1 is 0.846 bits per heavy atom. The second kappa shape index (κ2) is 17.6. The van der Waals surface area contributed by atoms with Crippen LogP contribution in [0.3, 0.4) is 0 Å². The van der Waals surface area contributed by atoms with E-state index in [0.717, 1.165) is 52.0 Å². The number of amides is 1. The number of aliphatic carboxylic acids is 1. The molecule has 52 heavy (non-hydrogen) atoms. The number of carboxylic acid groups (broad SMARTS) is 1. The maximum Gasteiger partial charge on any atom is 0.303 e. The van der Waals surface area contributed by atoms with Crippen LogP contribution < -0.4 is 5.32 Å². The predicted octanol–water partition coefficient (Wildman–Crippen LogP) is 7.29. The van der Waals surface area contributed by atoms with Crippen molar-refractivity contribution in [3.8, 4) is 11.1 Å². The fraction of sp³-hybridized carbons (Fsp3) is 0.381. The first kappa shape index (κ1) is 37.7. The fourth-order valence-electron chi connectivity index (χ4n) is 7.10. The second-order valence-electron chi connectivity index (χ2n) is 13.8. The van der Waals surface area contributed by atoms with Crippen LogP contribution in [0.25, 0.3) is 11.1 Å². The molecule has 0 spiro atoms. The molecule has 9 nitrogen and oxygen atoms in total. The third-order valence-corrected chi connectivity index (χ3v) is 10.4. The number of aliphatic hydroxyl groups excluding tert-OH is 1. The van der Waals surface area contributed by atoms with Crippen molar-refractivity contribution >= 4 is 23.5 Å². The number of carboxylic acids is 1. The average Bonchev–Trinajstić information content (AvgIpc) is 3.17. The first-order valence-electron chi connectivity index (χ1n) is 18.1. The Kier molecular flexibility index (Phi) is 12.8. The van der Waals surface area contributed by atoms with Crippen LogP contribution in [-0.2, 0) is 37.8 Å². The minimum atomic E-state index is -0.883. The third-order valence-electron chi connectivity index (χ3n) is 10.2. The lowest BCUT2D eigenvalue weighted by atomic mass is 9.84. The van der Waals surface area contributed by atoms with Gasteiger partial charge in [0.05, 0.1) is 24.4 Å². The lowest BCUT2D eigenvalue weighted by molar-refractivity contribution is -0.253. The summed E-state index contributed by atoms with van der Waals surface area (Å²) in [5.41, 5.74) is 5.77. The quantitative estimate of drug-likeness (QED) is 0.0998. The zero-order chi connectivity index (χ0) is 36.5. The molecule has 4 N–H and O–H groups in total. The first-order chi connectivity index (χ1) is 25.2. The molecule has 4 aromatic rings. The Morgan fingerprint density at radius 2 is 1.52 bits per heavy atom. The predicted molar refractivity (Wildman–Crippen MR) is 199 cm³/mol. The normalized spacial score (nSPS) is 20.3. The van der Waals surface area contributed by atoms with Crippen molar-refractivity contribution in [1.82, 2.24) is 10.2 Å². The number of halogens is 1. The van der Waals surface area contributed by atoms with Crippen molar-refractivity contribution in [2.24, 2.45) is 0 Å². The van der Waals surface area contributed by atoms with Gasteiger partial charge in [0.25, 0.3) is 0 Å². The molecule has 4 aromatic carbocycles. The van der Waals surface area contributed by atoms with E-state index in [4.69, 9.17) is 26.2 Å². The molecule has 1 amide bonds. The number of nitrogens with zero attached hydrogens (tertiary/aromatic N) is 1. The molecule has 10 heteroatoms. The summed E-state index contributed by atoms with van der Waals surface area (Å²) in [7, 11) is 0. The molecule has 0 radical (unpaired) electrons. The summed E-state index contributed by atoms with van der Waals surface area (Å²) in [5, 5.41) is 33.5. The van der Waals surface area contributed by atoms with Gasteiger partial charge in [0.1, 0.15) is 0 Å². The van der Waals surface area contributed by atoms with E-state index in [-0.39, 0.29) is 31.1 Å². The van der Waals surface area contributed by atoms with Crippen molar-refractivity contribution < 1.29 is 34.4 Å². The highest BCUT2D eigenvalue weighted by Crippen LogP contribution is 2.40. The number of likely N-dealkylation sites (tertiary alicyclic amines) is 1. The Hall–Kier alpha value is -4.09. The Labute approximate surface area is 310 Å². The number of hydrogen-bond acceptors (Lipinski definition) is 7. The zero-order valence-corrected chi connectivity index (χ0v) is 30.0. The van der Waals surface area contributed by atoms with Crippen molar-refractivity contribution in [2.75, 3.05) is 19.6 Å². The summed E-state index contributed by atoms with van der Waals surface area (Å²) in [4.78, 5) is 25.5. The summed E-state index contributed by atoms with van der Waals surface area (Å²) >= 11 is 6.09. The molecule has 6 rings (SSSR count). The van der Waals surface area contributed by atoms with E-state index in [1.54, 1.807) is 0 Å². The van der Waals surface area contributed by atoms with Gasteiger partial charge >= 0.3 is 5.97 Å². The molecule has 0 bridgehead atoms. The van der Waals surface area contributed by atoms with E-state index in [0.29, 0.717) is 56.6 Å². The van der Waals surface area contributed by atoms with Crippen LogP contribution in [0.4, 0.5) is 0 Å². The molecule has 274 valence electrons. The van der Waals surface area contributed by atoms with Gasteiger partial charge in [0.15, 0.2) is 6.29 Å². The van der Waals surface area contributed by atoms with Gasteiger partial charge in [0, 0.05) is 56.0 Å². The van der Waals surface area contributed by atoms with E-state index < -0.39 is 17.9 Å². The van der Waals surface area contributed by atoms with Crippen LogP contribution in [0, 0.1) is 0 Å². The van der Waals surface area contributed by atoms with Crippen molar-refractivity contribution in [1.29, 1.82) is 0 Å². The number of hydrogen-bond donors (Lipinski definition) is 4. The topological polar surface area (TPSA) is 129 Å². The van der Waals surface area contributed by atoms with Gasteiger partial charge in [-0.25, -0.2) is 0 Å². The number of ether oxygens (including phenoxy) is 2. The van der Waals surface area contributed by atoms with Gasteiger partial charge < -0.3 is 35.0 Å². The van der Waals surface area contributed by atoms with E-state index in [9.17, 15) is 19.8 Å². The lowest BCUT2D eigenvalue weighted by Gasteiger charge is -2.42. The Balaban J connectivity index is 1.13. The van der Waals surface area contributed by atoms with Gasteiger partial charge in [-0.15, -0.1) is 0 Å². The number of unbranched alkanes of at least 4 members (excludes halogenated alkanes) is 1. The van der Waals surface area contributed by atoms with E-state index >= 15 is 0 Å². The maximum absolute atomic E-state index is 12.4. The van der Waals surface area contributed by atoms with Crippen molar-refractivity contribution in [3.63, 3.8) is 0 Å².